The minimum atomic E-state index is -1.78. The van der Waals surface area contributed by atoms with Crippen molar-refractivity contribution in [1.82, 2.24) is 0 Å². The topological polar surface area (TPSA) is 33.0 Å². The summed E-state index contributed by atoms with van der Waals surface area (Å²) in [6.07, 6.45) is 3.15. The van der Waals surface area contributed by atoms with Crippen LogP contribution >= 0.6 is 0 Å². The van der Waals surface area contributed by atoms with Crippen LogP contribution in [0, 0.1) is 11.3 Å². The van der Waals surface area contributed by atoms with E-state index in [1.807, 2.05) is 12.1 Å². The van der Waals surface area contributed by atoms with E-state index in [9.17, 15) is 5.26 Å². The second-order valence-corrected chi connectivity index (χ2v) is 12.2. The maximum atomic E-state index is 9.38. The molecule has 2 rings (SSSR count). The monoisotopic (exact) mass is 287 g/mol. The van der Waals surface area contributed by atoms with Gasteiger partial charge in [-0.15, -0.1) is 0 Å². The van der Waals surface area contributed by atoms with Crippen molar-refractivity contribution in [2.45, 2.75) is 63.6 Å². The molecule has 1 fully saturated rings. The molecule has 1 aromatic carbocycles. The number of nitrogens with zero attached hydrogens (tertiary/aromatic N) is 1. The smallest absolute Gasteiger partial charge is 0.250 e. The summed E-state index contributed by atoms with van der Waals surface area (Å²) in [5, 5.41) is 9.58. The number of benzene rings is 1. The summed E-state index contributed by atoms with van der Waals surface area (Å²) in [5.74, 6) is 0.938. The van der Waals surface area contributed by atoms with E-state index in [0.717, 1.165) is 30.6 Å². The molecule has 0 radical (unpaired) electrons. The molecule has 0 aromatic heterocycles. The van der Waals surface area contributed by atoms with Crippen molar-refractivity contribution in [2.75, 3.05) is 0 Å². The molecule has 108 valence electrons. The molecule has 1 saturated carbocycles. The van der Waals surface area contributed by atoms with Gasteiger partial charge in [0.25, 0.3) is 0 Å². The van der Waals surface area contributed by atoms with Crippen LogP contribution in [0.1, 0.15) is 45.6 Å². The summed E-state index contributed by atoms with van der Waals surface area (Å²) in [6, 6.07) is 10.7. The number of hydrogen-bond acceptors (Lipinski definition) is 2. The molecular weight excluding hydrogens is 262 g/mol. The maximum absolute atomic E-state index is 9.38. The molecule has 0 atom stereocenters. The Morgan fingerprint density at radius 1 is 1.15 bits per heavy atom. The fourth-order valence-corrected chi connectivity index (χ4v) is 3.32. The van der Waals surface area contributed by atoms with Crippen molar-refractivity contribution < 1.29 is 4.43 Å². The number of hydrogen-bond donors (Lipinski definition) is 0. The van der Waals surface area contributed by atoms with Crippen LogP contribution in [0.2, 0.25) is 18.1 Å². The normalized spacial score (nSPS) is 18.0. The van der Waals surface area contributed by atoms with E-state index in [1.165, 1.54) is 0 Å². The molecule has 0 unspecified atom stereocenters. The van der Waals surface area contributed by atoms with Crippen LogP contribution in [0.15, 0.2) is 24.3 Å². The molecule has 1 aromatic rings. The lowest BCUT2D eigenvalue weighted by Gasteiger charge is -2.37. The predicted octanol–water partition coefficient (Wildman–Crippen LogP) is 5.02. The summed E-state index contributed by atoms with van der Waals surface area (Å²) in [6.45, 7) is 11.2. The van der Waals surface area contributed by atoms with Crippen molar-refractivity contribution >= 4 is 8.32 Å². The van der Waals surface area contributed by atoms with Gasteiger partial charge in [0.2, 0.25) is 8.32 Å². The van der Waals surface area contributed by atoms with Crippen molar-refractivity contribution in [3.8, 4) is 11.8 Å². The molecule has 0 amide bonds. The molecule has 1 aliphatic rings. The zero-order valence-electron chi connectivity index (χ0n) is 13.3. The number of rotatable bonds is 3. The Morgan fingerprint density at radius 2 is 1.70 bits per heavy atom. The molecule has 0 saturated heterocycles. The average Bonchev–Trinajstić information content (AvgIpc) is 2.28. The quantitative estimate of drug-likeness (QED) is 0.732. The third-order valence-electron chi connectivity index (χ3n) is 5.01. The van der Waals surface area contributed by atoms with Gasteiger partial charge in [0.05, 0.1) is 11.5 Å². The lowest BCUT2D eigenvalue weighted by molar-refractivity contribution is 0.324. The van der Waals surface area contributed by atoms with E-state index in [1.54, 1.807) is 0 Å². The van der Waals surface area contributed by atoms with Gasteiger partial charge in [0.15, 0.2) is 0 Å². The molecule has 1 aliphatic carbocycles. The molecular formula is C17H25NOSi. The minimum absolute atomic E-state index is 0.202. The Labute approximate surface area is 123 Å². The SMILES string of the molecule is CC(C)(C)[Si](C)(C)Oc1ccc(C2(C#N)CCC2)cc1. The molecule has 0 aliphatic heterocycles. The van der Waals surface area contributed by atoms with Crippen LogP contribution in [0.25, 0.3) is 0 Å². The first-order chi connectivity index (χ1) is 9.20. The van der Waals surface area contributed by atoms with Gasteiger partial charge < -0.3 is 4.43 Å². The molecule has 0 spiro atoms. The second kappa shape index (κ2) is 4.93. The van der Waals surface area contributed by atoms with E-state index < -0.39 is 8.32 Å². The van der Waals surface area contributed by atoms with Gasteiger partial charge in [0.1, 0.15) is 5.75 Å². The van der Waals surface area contributed by atoms with Gasteiger partial charge >= 0.3 is 0 Å². The van der Waals surface area contributed by atoms with Gasteiger partial charge in [-0.3, -0.25) is 0 Å². The zero-order valence-corrected chi connectivity index (χ0v) is 14.3. The summed E-state index contributed by atoms with van der Waals surface area (Å²) < 4.78 is 6.28. The number of nitriles is 1. The second-order valence-electron chi connectivity index (χ2n) is 7.43. The Kier molecular flexibility index (Phi) is 3.73. The van der Waals surface area contributed by atoms with Crippen LogP contribution in [0.5, 0.6) is 5.75 Å². The summed E-state index contributed by atoms with van der Waals surface area (Å²) in [5.41, 5.74) is 0.920. The highest BCUT2D eigenvalue weighted by Gasteiger charge is 2.40. The standard InChI is InChI=1S/C17H25NOSi/c1-16(2,3)20(4,5)19-15-9-7-14(8-10-15)17(13-18)11-6-12-17/h7-10H,6,11-12H2,1-5H3. The van der Waals surface area contributed by atoms with Crippen molar-refractivity contribution in [1.29, 1.82) is 5.26 Å². The molecule has 0 heterocycles. The van der Waals surface area contributed by atoms with Gasteiger partial charge in [-0.05, 0) is 55.1 Å². The fraction of sp³-hybridized carbons (Fsp3) is 0.588. The third-order valence-corrected chi connectivity index (χ3v) is 9.37. The summed E-state index contributed by atoms with van der Waals surface area (Å²) >= 11 is 0. The van der Waals surface area contributed by atoms with E-state index >= 15 is 0 Å². The van der Waals surface area contributed by atoms with Crippen LogP contribution in [0.3, 0.4) is 0 Å². The summed E-state index contributed by atoms with van der Waals surface area (Å²) in [7, 11) is -1.78. The van der Waals surface area contributed by atoms with Crippen LogP contribution in [-0.4, -0.2) is 8.32 Å². The maximum Gasteiger partial charge on any atom is 0.250 e. The lowest BCUT2D eigenvalue weighted by Crippen LogP contribution is -2.43. The first-order valence-electron chi connectivity index (χ1n) is 7.41. The van der Waals surface area contributed by atoms with E-state index in [4.69, 9.17) is 4.43 Å². The fourth-order valence-electron chi connectivity index (χ4n) is 2.29. The molecule has 0 bridgehead atoms. The molecule has 2 nitrogen and oxygen atoms in total. The average molecular weight is 287 g/mol. The Hall–Kier alpha value is -1.27. The van der Waals surface area contributed by atoms with Gasteiger partial charge in [-0.25, -0.2) is 0 Å². The van der Waals surface area contributed by atoms with Gasteiger partial charge in [-0.1, -0.05) is 32.9 Å². The Morgan fingerprint density at radius 3 is 2.05 bits per heavy atom. The van der Waals surface area contributed by atoms with E-state index in [0.29, 0.717) is 0 Å². The first kappa shape index (κ1) is 15.1. The van der Waals surface area contributed by atoms with E-state index in [-0.39, 0.29) is 10.5 Å². The van der Waals surface area contributed by atoms with Gasteiger partial charge in [0, 0.05) is 0 Å². The minimum Gasteiger partial charge on any atom is -0.544 e. The molecule has 0 N–H and O–H groups in total. The highest BCUT2D eigenvalue weighted by Crippen LogP contribution is 2.44. The summed E-state index contributed by atoms with van der Waals surface area (Å²) in [4.78, 5) is 0. The molecule has 20 heavy (non-hydrogen) atoms. The first-order valence-corrected chi connectivity index (χ1v) is 10.3. The van der Waals surface area contributed by atoms with Crippen molar-refractivity contribution in [3.05, 3.63) is 29.8 Å². The Balaban J connectivity index is 2.16. The third kappa shape index (κ3) is 2.62. The van der Waals surface area contributed by atoms with Crippen molar-refractivity contribution in [2.24, 2.45) is 0 Å². The Bertz CT molecular complexity index is 515. The largest absolute Gasteiger partial charge is 0.544 e. The molecule has 3 heteroatoms. The van der Waals surface area contributed by atoms with Crippen molar-refractivity contribution in [3.63, 3.8) is 0 Å². The van der Waals surface area contributed by atoms with Gasteiger partial charge in [-0.2, -0.15) is 5.26 Å². The zero-order chi connectivity index (χ0) is 15.0. The predicted molar refractivity (Wildman–Crippen MR) is 85.4 cm³/mol. The lowest BCUT2D eigenvalue weighted by atomic mass is 9.65. The van der Waals surface area contributed by atoms with Crippen LogP contribution in [-0.2, 0) is 5.41 Å². The highest BCUT2D eigenvalue weighted by molar-refractivity contribution is 6.74. The highest BCUT2D eigenvalue weighted by atomic mass is 28.4. The van der Waals surface area contributed by atoms with Crippen LogP contribution in [0.4, 0.5) is 0 Å². The van der Waals surface area contributed by atoms with Crippen LogP contribution < -0.4 is 4.43 Å². The van der Waals surface area contributed by atoms with E-state index in [2.05, 4.69) is 52.1 Å².